The summed E-state index contributed by atoms with van der Waals surface area (Å²) in [7, 11) is 0. The van der Waals surface area contributed by atoms with Gasteiger partial charge in [-0.15, -0.1) is 0 Å². The Morgan fingerprint density at radius 2 is 1.80 bits per heavy atom. The van der Waals surface area contributed by atoms with E-state index in [-0.39, 0.29) is 11.7 Å². The molecular weight excluding hydrogens is 192 g/mol. The SMILES string of the molecule is CC.CC(=O)Nc1ccc(C(C)=O)cn1. The van der Waals surface area contributed by atoms with Crippen LogP contribution in [-0.4, -0.2) is 16.7 Å². The molecule has 4 heteroatoms. The zero-order valence-corrected chi connectivity index (χ0v) is 9.50. The number of Topliss-reactive ketones (excluding diaryl/α,β-unsaturated/α-hetero) is 1. The van der Waals surface area contributed by atoms with Crippen LogP contribution in [0, 0.1) is 0 Å². The highest BCUT2D eigenvalue weighted by atomic mass is 16.1. The number of nitrogens with one attached hydrogen (secondary N) is 1. The molecule has 0 aliphatic heterocycles. The van der Waals surface area contributed by atoms with E-state index in [1.165, 1.54) is 20.0 Å². The lowest BCUT2D eigenvalue weighted by atomic mass is 10.2. The van der Waals surface area contributed by atoms with Gasteiger partial charge in [0.2, 0.25) is 5.91 Å². The lowest BCUT2D eigenvalue weighted by molar-refractivity contribution is -0.114. The first-order valence-corrected chi connectivity index (χ1v) is 4.84. The number of hydrogen-bond acceptors (Lipinski definition) is 3. The maximum Gasteiger partial charge on any atom is 0.222 e. The molecule has 1 N–H and O–H groups in total. The summed E-state index contributed by atoms with van der Waals surface area (Å²) in [5, 5.41) is 2.51. The molecule has 0 saturated carbocycles. The van der Waals surface area contributed by atoms with Crippen molar-refractivity contribution >= 4 is 17.5 Å². The lowest BCUT2D eigenvalue weighted by Crippen LogP contribution is -2.07. The number of amides is 1. The second-order valence-corrected chi connectivity index (χ2v) is 2.67. The monoisotopic (exact) mass is 208 g/mol. The first-order chi connectivity index (χ1) is 7.09. The molecule has 15 heavy (non-hydrogen) atoms. The fraction of sp³-hybridized carbons (Fsp3) is 0.364. The van der Waals surface area contributed by atoms with Crippen LogP contribution in [-0.2, 0) is 4.79 Å². The van der Waals surface area contributed by atoms with E-state index < -0.39 is 0 Å². The summed E-state index contributed by atoms with van der Waals surface area (Å²) in [5.74, 6) is 0.238. The fourth-order valence-electron chi connectivity index (χ4n) is 0.856. The van der Waals surface area contributed by atoms with Crippen LogP contribution in [0.3, 0.4) is 0 Å². The number of nitrogens with zero attached hydrogens (tertiary/aromatic N) is 1. The van der Waals surface area contributed by atoms with Crippen molar-refractivity contribution in [2.75, 3.05) is 5.32 Å². The van der Waals surface area contributed by atoms with E-state index >= 15 is 0 Å². The minimum absolute atomic E-state index is 0.0399. The number of carbonyl (C=O) groups excluding carboxylic acids is 2. The third-order valence-corrected chi connectivity index (χ3v) is 1.47. The summed E-state index contributed by atoms with van der Waals surface area (Å²) in [6, 6.07) is 3.22. The Balaban J connectivity index is 0.000000921. The van der Waals surface area contributed by atoms with Crippen LogP contribution in [0.15, 0.2) is 18.3 Å². The van der Waals surface area contributed by atoms with Crippen LogP contribution < -0.4 is 5.32 Å². The molecule has 0 atom stereocenters. The van der Waals surface area contributed by atoms with Crippen molar-refractivity contribution < 1.29 is 9.59 Å². The Morgan fingerprint density at radius 1 is 1.20 bits per heavy atom. The van der Waals surface area contributed by atoms with E-state index in [1.54, 1.807) is 12.1 Å². The second kappa shape index (κ2) is 6.70. The van der Waals surface area contributed by atoms with Gasteiger partial charge in [0.25, 0.3) is 0 Å². The van der Waals surface area contributed by atoms with Crippen LogP contribution in [0.2, 0.25) is 0 Å². The summed E-state index contributed by atoms with van der Waals surface area (Å²) in [6.07, 6.45) is 1.44. The first kappa shape index (κ1) is 13.3. The van der Waals surface area contributed by atoms with Crippen LogP contribution in [0.4, 0.5) is 5.82 Å². The quantitative estimate of drug-likeness (QED) is 0.758. The lowest BCUT2D eigenvalue weighted by Gasteiger charge is -2.00. The summed E-state index contributed by atoms with van der Waals surface area (Å²) in [5.41, 5.74) is 0.536. The van der Waals surface area contributed by atoms with Crippen molar-refractivity contribution in [1.29, 1.82) is 0 Å². The van der Waals surface area contributed by atoms with Gasteiger partial charge < -0.3 is 5.32 Å². The number of hydrogen-bond donors (Lipinski definition) is 1. The molecule has 82 valence electrons. The molecule has 1 amide bonds. The number of carbonyl (C=O) groups is 2. The molecule has 1 aromatic rings. The minimum atomic E-state index is -0.178. The fourth-order valence-corrected chi connectivity index (χ4v) is 0.856. The summed E-state index contributed by atoms with van der Waals surface area (Å²) in [4.78, 5) is 25.4. The molecule has 0 radical (unpaired) electrons. The van der Waals surface area contributed by atoms with Crippen molar-refractivity contribution in [2.24, 2.45) is 0 Å². The molecule has 0 aromatic carbocycles. The van der Waals surface area contributed by atoms with Gasteiger partial charge in [-0.05, 0) is 19.1 Å². The van der Waals surface area contributed by atoms with Gasteiger partial charge in [0.15, 0.2) is 5.78 Å². The number of pyridine rings is 1. The van der Waals surface area contributed by atoms with E-state index in [4.69, 9.17) is 0 Å². The third-order valence-electron chi connectivity index (χ3n) is 1.47. The predicted octanol–water partition coefficient (Wildman–Crippen LogP) is 2.27. The predicted molar refractivity (Wildman–Crippen MR) is 59.9 cm³/mol. The second-order valence-electron chi connectivity index (χ2n) is 2.67. The third kappa shape index (κ3) is 4.90. The standard InChI is InChI=1S/C9H10N2O2.C2H6/c1-6(12)8-3-4-9(10-5-8)11-7(2)13;1-2/h3-5H,1-2H3,(H,10,11,13);1-2H3. The van der Waals surface area contributed by atoms with E-state index in [1.807, 2.05) is 13.8 Å². The Bertz CT molecular complexity index is 331. The maximum absolute atomic E-state index is 10.9. The van der Waals surface area contributed by atoms with Gasteiger partial charge in [0.05, 0.1) is 0 Å². The van der Waals surface area contributed by atoms with Gasteiger partial charge in [0, 0.05) is 18.7 Å². The molecule has 0 unspecified atom stereocenters. The average Bonchev–Trinajstić information content (AvgIpc) is 2.20. The number of rotatable bonds is 2. The van der Waals surface area contributed by atoms with Gasteiger partial charge in [0.1, 0.15) is 5.82 Å². The maximum atomic E-state index is 10.9. The van der Waals surface area contributed by atoms with Crippen molar-refractivity contribution in [3.8, 4) is 0 Å². The largest absolute Gasteiger partial charge is 0.311 e. The van der Waals surface area contributed by atoms with E-state index in [9.17, 15) is 9.59 Å². The zero-order chi connectivity index (χ0) is 11.8. The molecule has 1 rings (SSSR count). The molecule has 0 aliphatic rings. The van der Waals surface area contributed by atoms with Crippen LogP contribution in [0.1, 0.15) is 38.1 Å². The van der Waals surface area contributed by atoms with E-state index in [0.717, 1.165) is 0 Å². The normalized spacial score (nSPS) is 8.53. The van der Waals surface area contributed by atoms with Gasteiger partial charge >= 0.3 is 0 Å². The average molecular weight is 208 g/mol. The summed E-state index contributed by atoms with van der Waals surface area (Å²) >= 11 is 0. The number of aromatic nitrogens is 1. The van der Waals surface area contributed by atoms with Crippen molar-refractivity contribution in [3.63, 3.8) is 0 Å². The van der Waals surface area contributed by atoms with Gasteiger partial charge in [-0.2, -0.15) is 0 Å². The Labute approximate surface area is 89.7 Å². The molecule has 4 nitrogen and oxygen atoms in total. The molecule has 0 bridgehead atoms. The van der Waals surface area contributed by atoms with E-state index in [2.05, 4.69) is 10.3 Å². The zero-order valence-electron chi connectivity index (χ0n) is 9.50. The molecule has 0 spiro atoms. The first-order valence-electron chi connectivity index (χ1n) is 4.84. The Morgan fingerprint density at radius 3 is 2.13 bits per heavy atom. The molecule has 1 aromatic heterocycles. The van der Waals surface area contributed by atoms with Crippen LogP contribution >= 0.6 is 0 Å². The van der Waals surface area contributed by atoms with Crippen LogP contribution in [0.25, 0.3) is 0 Å². The smallest absolute Gasteiger partial charge is 0.222 e. The van der Waals surface area contributed by atoms with Crippen molar-refractivity contribution in [2.45, 2.75) is 27.7 Å². The number of ketones is 1. The Kier molecular flexibility index (Phi) is 5.94. The minimum Gasteiger partial charge on any atom is -0.311 e. The highest BCUT2D eigenvalue weighted by Crippen LogP contribution is 2.04. The topological polar surface area (TPSA) is 59.1 Å². The number of anilines is 1. The Hall–Kier alpha value is -1.71. The van der Waals surface area contributed by atoms with E-state index in [0.29, 0.717) is 11.4 Å². The van der Waals surface area contributed by atoms with Crippen molar-refractivity contribution in [1.82, 2.24) is 4.98 Å². The molecular formula is C11H16N2O2. The molecule has 0 fully saturated rings. The van der Waals surface area contributed by atoms with Crippen molar-refractivity contribution in [3.05, 3.63) is 23.9 Å². The summed E-state index contributed by atoms with van der Waals surface area (Å²) in [6.45, 7) is 6.87. The molecule has 1 heterocycles. The molecule has 0 saturated heterocycles. The van der Waals surface area contributed by atoms with Gasteiger partial charge in [-0.25, -0.2) is 4.98 Å². The highest BCUT2D eigenvalue weighted by molar-refractivity contribution is 5.94. The highest BCUT2D eigenvalue weighted by Gasteiger charge is 2.00. The summed E-state index contributed by atoms with van der Waals surface area (Å²) < 4.78 is 0. The van der Waals surface area contributed by atoms with Crippen LogP contribution in [0.5, 0.6) is 0 Å². The van der Waals surface area contributed by atoms with Gasteiger partial charge in [-0.1, -0.05) is 13.8 Å². The van der Waals surface area contributed by atoms with Gasteiger partial charge in [-0.3, -0.25) is 9.59 Å². The molecule has 0 aliphatic carbocycles.